The average Bonchev–Trinajstić information content (AvgIpc) is 3.14. The predicted octanol–water partition coefficient (Wildman–Crippen LogP) is 1.68. The standard InChI is InChI=1S/C18H20N4O/c23-18(17-6-2-4-8-20-17)22-11-14-9-21(10-15(14)12-22)13-16-5-1-3-7-19-16/h1-8,14-15H,9-13H2/t14-,15-/m1/s1. The first-order chi connectivity index (χ1) is 11.3. The van der Waals surface area contributed by atoms with Crippen molar-refractivity contribution in [2.24, 2.45) is 11.8 Å². The lowest BCUT2D eigenvalue weighted by molar-refractivity contribution is 0.0767. The highest BCUT2D eigenvalue weighted by Crippen LogP contribution is 2.32. The molecule has 4 rings (SSSR count). The van der Waals surface area contributed by atoms with Crippen molar-refractivity contribution >= 4 is 5.91 Å². The molecule has 0 radical (unpaired) electrons. The zero-order valence-corrected chi connectivity index (χ0v) is 13.0. The second-order valence-electron chi connectivity index (χ2n) is 6.46. The molecule has 2 aliphatic rings. The van der Waals surface area contributed by atoms with Crippen LogP contribution in [0.15, 0.2) is 48.8 Å². The van der Waals surface area contributed by atoms with E-state index in [1.807, 2.05) is 35.4 Å². The molecule has 0 saturated carbocycles. The second-order valence-corrected chi connectivity index (χ2v) is 6.46. The van der Waals surface area contributed by atoms with Crippen molar-refractivity contribution in [3.8, 4) is 0 Å². The molecule has 5 nitrogen and oxygen atoms in total. The van der Waals surface area contributed by atoms with Crippen LogP contribution in [0.5, 0.6) is 0 Å². The molecule has 0 unspecified atom stereocenters. The minimum absolute atomic E-state index is 0.0660. The third-order valence-electron chi connectivity index (χ3n) is 4.84. The van der Waals surface area contributed by atoms with Crippen molar-refractivity contribution in [2.75, 3.05) is 26.2 Å². The maximum absolute atomic E-state index is 12.5. The summed E-state index contributed by atoms with van der Waals surface area (Å²) in [7, 11) is 0. The number of hydrogen-bond donors (Lipinski definition) is 0. The van der Waals surface area contributed by atoms with Crippen molar-refractivity contribution in [3.63, 3.8) is 0 Å². The van der Waals surface area contributed by atoms with E-state index in [1.54, 1.807) is 12.3 Å². The van der Waals surface area contributed by atoms with Crippen molar-refractivity contribution in [2.45, 2.75) is 6.54 Å². The summed E-state index contributed by atoms with van der Waals surface area (Å²) < 4.78 is 0. The Bertz CT molecular complexity index is 662. The van der Waals surface area contributed by atoms with Crippen molar-refractivity contribution in [3.05, 3.63) is 60.2 Å². The SMILES string of the molecule is O=C(c1ccccn1)N1C[C@H]2CN(Cc3ccccn3)C[C@@H]2C1. The molecule has 2 saturated heterocycles. The number of carbonyl (C=O) groups is 1. The van der Waals surface area contributed by atoms with Gasteiger partial charge in [-0.15, -0.1) is 0 Å². The fraction of sp³-hybridized carbons (Fsp3) is 0.389. The number of aromatic nitrogens is 2. The van der Waals surface area contributed by atoms with E-state index in [-0.39, 0.29) is 5.91 Å². The summed E-state index contributed by atoms with van der Waals surface area (Å²) in [6.45, 7) is 4.69. The Morgan fingerprint density at radius 3 is 2.26 bits per heavy atom. The van der Waals surface area contributed by atoms with Gasteiger partial charge < -0.3 is 4.90 Å². The zero-order chi connectivity index (χ0) is 15.6. The van der Waals surface area contributed by atoms with Gasteiger partial charge in [0.1, 0.15) is 5.69 Å². The molecule has 0 N–H and O–H groups in total. The van der Waals surface area contributed by atoms with E-state index in [0.29, 0.717) is 17.5 Å². The van der Waals surface area contributed by atoms with E-state index < -0.39 is 0 Å². The molecule has 2 atom stereocenters. The highest BCUT2D eigenvalue weighted by atomic mass is 16.2. The fourth-order valence-corrected chi connectivity index (χ4v) is 3.76. The molecule has 0 spiro atoms. The quantitative estimate of drug-likeness (QED) is 0.865. The Morgan fingerprint density at radius 2 is 1.65 bits per heavy atom. The molecule has 2 fully saturated rings. The molecule has 118 valence electrons. The summed E-state index contributed by atoms with van der Waals surface area (Å²) in [4.78, 5) is 25.5. The zero-order valence-electron chi connectivity index (χ0n) is 13.0. The molecule has 0 bridgehead atoms. The molecule has 4 heterocycles. The minimum Gasteiger partial charge on any atom is -0.337 e. The van der Waals surface area contributed by atoms with Crippen LogP contribution < -0.4 is 0 Å². The Labute approximate surface area is 136 Å². The Kier molecular flexibility index (Phi) is 3.79. The van der Waals surface area contributed by atoms with Gasteiger partial charge >= 0.3 is 0 Å². The van der Waals surface area contributed by atoms with Crippen LogP contribution in [0.4, 0.5) is 0 Å². The van der Waals surface area contributed by atoms with Gasteiger partial charge in [0, 0.05) is 45.1 Å². The smallest absolute Gasteiger partial charge is 0.272 e. The average molecular weight is 308 g/mol. The highest BCUT2D eigenvalue weighted by molar-refractivity contribution is 5.92. The van der Waals surface area contributed by atoms with Gasteiger partial charge in [0.2, 0.25) is 0 Å². The maximum Gasteiger partial charge on any atom is 0.272 e. The van der Waals surface area contributed by atoms with E-state index in [1.165, 1.54) is 0 Å². The van der Waals surface area contributed by atoms with E-state index in [2.05, 4.69) is 20.9 Å². The van der Waals surface area contributed by atoms with Gasteiger partial charge in [-0.3, -0.25) is 19.7 Å². The van der Waals surface area contributed by atoms with Gasteiger partial charge in [-0.2, -0.15) is 0 Å². The summed E-state index contributed by atoms with van der Waals surface area (Å²) in [6, 6.07) is 11.6. The van der Waals surface area contributed by atoms with E-state index in [4.69, 9.17) is 0 Å². The first-order valence-electron chi connectivity index (χ1n) is 8.12. The number of rotatable bonds is 3. The van der Waals surface area contributed by atoms with Gasteiger partial charge in [-0.25, -0.2) is 0 Å². The number of fused-ring (bicyclic) bond motifs is 1. The number of pyridine rings is 2. The van der Waals surface area contributed by atoms with Crippen molar-refractivity contribution < 1.29 is 4.79 Å². The predicted molar refractivity (Wildman–Crippen MR) is 86.6 cm³/mol. The lowest BCUT2D eigenvalue weighted by Gasteiger charge is -2.21. The summed E-state index contributed by atoms with van der Waals surface area (Å²) in [6.07, 6.45) is 3.53. The molecule has 2 aliphatic heterocycles. The van der Waals surface area contributed by atoms with Crippen LogP contribution in [0.3, 0.4) is 0 Å². The molecule has 0 aliphatic carbocycles. The topological polar surface area (TPSA) is 49.3 Å². The van der Waals surface area contributed by atoms with Gasteiger partial charge in [-0.1, -0.05) is 12.1 Å². The van der Waals surface area contributed by atoms with Gasteiger partial charge in [0.15, 0.2) is 0 Å². The molecule has 23 heavy (non-hydrogen) atoms. The number of amides is 1. The summed E-state index contributed by atoms with van der Waals surface area (Å²) in [5.74, 6) is 1.22. The van der Waals surface area contributed by atoms with E-state index in [9.17, 15) is 4.79 Å². The van der Waals surface area contributed by atoms with Crippen LogP contribution in [0.1, 0.15) is 16.2 Å². The molecule has 2 aromatic heterocycles. The van der Waals surface area contributed by atoms with E-state index >= 15 is 0 Å². The van der Waals surface area contributed by atoms with Crippen LogP contribution in [0, 0.1) is 11.8 Å². The first kappa shape index (κ1) is 14.3. The highest BCUT2D eigenvalue weighted by Gasteiger charge is 2.41. The van der Waals surface area contributed by atoms with E-state index in [0.717, 1.165) is 38.4 Å². The summed E-state index contributed by atoms with van der Waals surface area (Å²) in [5, 5.41) is 0. The third-order valence-corrected chi connectivity index (χ3v) is 4.84. The number of likely N-dealkylation sites (tertiary alicyclic amines) is 2. The first-order valence-corrected chi connectivity index (χ1v) is 8.12. The van der Waals surface area contributed by atoms with Gasteiger partial charge in [0.05, 0.1) is 5.69 Å². The van der Waals surface area contributed by atoms with Crippen LogP contribution in [-0.4, -0.2) is 51.9 Å². The molecule has 1 amide bonds. The van der Waals surface area contributed by atoms with Gasteiger partial charge in [0.25, 0.3) is 5.91 Å². The monoisotopic (exact) mass is 308 g/mol. The molecule has 2 aromatic rings. The largest absolute Gasteiger partial charge is 0.337 e. The normalized spacial score (nSPS) is 23.9. The number of carbonyl (C=O) groups excluding carboxylic acids is 1. The number of hydrogen-bond acceptors (Lipinski definition) is 4. The fourth-order valence-electron chi connectivity index (χ4n) is 3.76. The Balaban J connectivity index is 1.36. The van der Waals surface area contributed by atoms with Crippen molar-refractivity contribution in [1.29, 1.82) is 0 Å². The second kappa shape index (κ2) is 6.08. The number of nitrogens with zero attached hydrogens (tertiary/aromatic N) is 4. The van der Waals surface area contributed by atoms with Crippen LogP contribution in [-0.2, 0) is 6.54 Å². The van der Waals surface area contributed by atoms with Crippen LogP contribution in [0.25, 0.3) is 0 Å². The van der Waals surface area contributed by atoms with Crippen LogP contribution in [0.2, 0.25) is 0 Å². The van der Waals surface area contributed by atoms with Gasteiger partial charge in [-0.05, 0) is 36.1 Å². The lowest BCUT2D eigenvalue weighted by atomic mass is 10.0. The molecular weight excluding hydrogens is 288 g/mol. The third kappa shape index (κ3) is 2.97. The maximum atomic E-state index is 12.5. The van der Waals surface area contributed by atoms with Crippen molar-refractivity contribution in [1.82, 2.24) is 19.8 Å². The molecule has 0 aromatic carbocycles. The summed E-state index contributed by atoms with van der Waals surface area (Å²) in [5.41, 5.74) is 1.67. The Hall–Kier alpha value is -2.27. The minimum atomic E-state index is 0.0660. The lowest BCUT2D eigenvalue weighted by Crippen LogP contribution is -2.33. The molecule has 5 heteroatoms. The van der Waals surface area contributed by atoms with Crippen LogP contribution >= 0.6 is 0 Å². The summed E-state index contributed by atoms with van der Waals surface area (Å²) >= 11 is 0. The molecular formula is C18H20N4O. The Morgan fingerprint density at radius 1 is 0.957 bits per heavy atom.